The van der Waals surface area contributed by atoms with Crippen molar-refractivity contribution in [2.24, 2.45) is 0 Å². The number of likely N-dealkylation sites (tertiary alicyclic amines) is 1. The molecule has 7 heteroatoms. The van der Waals surface area contributed by atoms with Gasteiger partial charge in [-0.2, -0.15) is 0 Å². The van der Waals surface area contributed by atoms with Gasteiger partial charge in [-0.1, -0.05) is 31.2 Å². The third-order valence-electron chi connectivity index (χ3n) is 5.99. The number of hydrogen-bond donors (Lipinski definition) is 1. The molecule has 30 heavy (non-hydrogen) atoms. The molecule has 0 aliphatic carbocycles. The number of hydrogen-bond acceptors (Lipinski definition) is 4. The number of nitrogens with one attached hydrogen (secondary N) is 1. The number of carbonyl (C=O) groups is 1. The van der Waals surface area contributed by atoms with E-state index in [0.717, 1.165) is 50.1 Å². The van der Waals surface area contributed by atoms with E-state index in [9.17, 15) is 13.2 Å². The second-order valence-corrected chi connectivity index (χ2v) is 9.94. The third-order valence-corrected chi connectivity index (χ3v) is 7.80. The normalized spacial score (nSPS) is 17.7. The molecule has 1 N–H and O–H groups in total. The summed E-state index contributed by atoms with van der Waals surface area (Å²) in [5, 5.41) is 3.09. The number of para-hydroxylation sites is 1. The van der Waals surface area contributed by atoms with Crippen molar-refractivity contribution in [3.05, 3.63) is 59.7 Å². The van der Waals surface area contributed by atoms with Gasteiger partial charge in [-0.05, 0) is 62.1 Å². The largest absolute Gasteiger partial charge is 0.349 e. The first kappa shape index (κ1) is 20.9. The molecule has 4 rings (SSSR count). The van der Waals surface area contributed by atoms with Crippen LogP contribution in [0.2, 0.25) is 0 Å². The van der Waals surface area contributed by atoms with Gasteiger partial charge in [0.1, 0.15) is 0 Å². The number of rotatable bonds is 6. The van der Waals surface area contributed by atoms with Gasteiger partial charge in [-0.3, -0.25) is 9.10 Å². The monoisotopic (exact) mass is 427 g/mol. The maximum Gasteiger partial charge on any atom is 0.264 e. The molecule has 0 unspecified atom stereocenters. The molecular weight excluding hydrogens is 398 g/mol. The van der Waals surface area contributed by atoms with Crippen LogP contribution in [0.5, 0.6) is 0 Å². The van der Waals surface area contributed by atoms with Crippen molar-refractivity contribution in [1.82, 2.24) is 10.2 Å². The fourth-order valence-corrected chi connectivity index (χ4v) is 5.92. The summed E-state index contributed by atoms with van der Waals surface area (Å²) in [6, 6.07) is 14.1. The molecular formula is C23H29N3O3S. The summed E-state index contributed by atoms with van der Waals surface area (Å²) in [4.78, 5) is 15.4. The van der Waals surface area contributed by atoms with Gasteiger partial charge in [0.15, 0.2) is 0 Å². The highest BCUT2D eigenvalue weighted by atomic mass is 32.2. The Morgan fingerprint density at radius 1 is 1.07 bits per heavy atom. The fraction of sp³-hybridized carbons (Fsp3) is 0.435. The van der Waals surface area contributed by atoms with Crippen LogP contribution >= 0.6 is 0 Å². The van der Waals surface area contributed by atoms with Crippen molar-refractivity contribution >= 4 is 21.6 Å². The summed E-state index contributed by atoms with van der Waals surface area (Å²) >= 11 is 0. The van der Waals surface area contributed by atoms with E-state index in [4.69, 9.17) is 0 Å². The zero-order valence-electron chi connectivity index (χ0n) is 17.4. The van der Waals surface area contributed by atoms with E-state index in [2.05, 4.69) is 17.1 Å². The standard InChI is InChI=1S/C23H29N3O3S/c1-2-13-25-14-11-20(12-15-25)24-23(27)19-7-5-8-21(17-19)30(28,29)26-16-10-18-6-3-4-9-22(18)26/h3-9,17,20H,2,10-16H2,1H3,(H,24,27). The van der Waals surface area contributed by atoms with Gasteiger partial charge in [0.2, 0.25) is 0 Å². The zero-order valence-corrected chi connectivity index (χ0v) is 18.2. The summed E-state index contributed by atoms with van der Waals surface area (Å²) in [5.74, 6) is -0.206. The Balaban J connectivity index is 1.47. The van der Waals surface area contributed by atoms with Crippen molar-refractivity contribution in [3.63, 3.8) is 0 Å². The Morgan fingerprint density at radius 2 is 1.83 bits per heavy atom. The highest BCUT2D eigenvalue weighted by Crippen LogP contribution is 2.32. The van der Waals surface area contributed by atoms with Crippen LogP contribution in [0, 0.1) is 0 Å². The minimum atomic E-state index is -3.71. The van der Waals surface area contributed by atoms with Crippen molar-refractivity contribution in [3.8, 4) is 0 Å². The van der Waals surface area contributed by atoms with Gasteiger partial charge in [-0.25, -0.2) is 8.42 Å². The van der Waals surface area contributed by atoms with Crippen LogP contribution in [-0.4, -0.2) is 51.4 Å². The number of amides is 1. The number of nitrogens with zero attached hydrogens (tertiary/aromatic N) is 2. The number of fused-ring (bicyclic) bond motifs is 1. The molecule has 0 spiro atoms. The summed E-state index contributed by atoms with van der Waals surface area (Å²) in [6.45, 7) is 5.67. The van der Waals surface area contributed by atoms with Gasteiger partial charge in [0.05, 0.1) is 10.6 Å². The Morgan fingerprint density at radius 3 is 2.60 bits per heavy atom. The lowest BCUT2D eigenvalue weighted by molar-refractivity contribution is 0.0911. The van der Waals surface area contributed by atoms with E-state index in [0.29, 0.717) is 18.5 Å². The Bertz CT molecular complexity index is 1010. The summed E-state index contributed by atoms with van der Waals surface area (Å²) in [5.41, 5.74) is 2.15. The summed E-state index contributed by atoms with van der Waals surface area (Å²) in [6.07, 6.45) is 3.69. The predicted octanol–water partition coefficient (Wildman–Crippen LogP) is 3.04. The lowest BCUT2D eigenvalue weighted by atomic mass is 10.0. The van der Waals surface area contributed by atoms with Gasteiger partial charge in [-0.15, -0.1) is 0 Å². The molecule has 0 aromatic heterocycles. The SMILES string of the molecule is CCCN1CCC(NC(=O)c2cccc(S(=O)(=O)N3CCc4ccccc43)c2)CC1. The van der Waals surface area contributed by atoms with E-state index in [1.165, 1.54) is 10.4 Å². The van der Waals surface area contributed by atoms with Gasteiger partial charge < -0.3 is 10.2 Å². The van der Waals surface area contributed by atoms with Crippen LogP contribution in [0.25, 0.3) is 0 Å². The zero-order chi connectivity index (χ0) is 21.1. The molecule has 1 saturated heterocycles. The Labute approximate surface area is 178 Å². The lowest BCUT2D eigenvalue weighted by Gasteiger charge is -2.32. The lowest BCUT2D eigenvalue weighted by Crippen LogP contribution is -2.44. The molecule has 2 aliphatic heterocycles. The molecule has 1 fully saturated rings. The first-order chi connectivity index (χ1) is 14.5. The van der Waals surface area contributed by atoms with E-state index in [-0.39, 0.29) is 16.8 Å². The first-order valence-electron chi connectivity index (χ1n) is 10.7. The third kappa shape index (κ3) is 4.23. The molecule has 0 saturated carbocycles. The molecule has 160 valence electrons. The van der Waals surface area contributed by atoms with E-state index >= 15 is 0 Å². The maximum absolute atomic E-state index is 13.2. The molecule has 0 bridgehead atoms. The van der Waals surface area contributed by atoms with Crippen molar-refractivity contribution in [2.45, 2.75) is 43.5 Å². The van der Waals surface area contributed by atoms with Crippen LogP contribution < -0.4 is 9.62 Å². The van der Waals surface area contributed by atoms with Crippen LogP contribution in [0.4, 0.5) is 5.69 Å². The fourth-order valence-electron chi connectivity index (χ4n) is 4.37. The number of sulfonamides is 1. The highest BCUT2D eigenvalue weighted by molar-refractivity contribution is 7.92. The second-order valence-electron chi connectivity index (χ2n) is 8.07. The maximum atomic E-state index is 13.2. The van der Waals surface area contributed by atoms with Crippen molar-refractivity contribution in [1.29, 1.82) is 0 Å². The Hall–Kier alpha value is -2.38. The summed E-state index contributed by atoms with van der Waals surface area (Å²) in [7, 11) is -3.71. The summed E-state index contributed by atoms with van der Waals surface area (Å²) < 4.78 is 27.9. The molecule has 2 aromatic carbocycles. The molecule has 2 aromatic rings. The van der Waals surface area contributed by atoms with E-state index in [1.807, 2.05) is 24.3 Å². The number of piperidine rings is 1. The number of anilines is 1. The Kier molecular flexibility index (Phi) is 6.11. The van der Waals surface area contributed by atoms with Crippen molar-refractivity contribution < 1.29 is 13.2 Å². The van der Waals surface area contributed by atoms with Crippen LogP contribution in [-0.2, 0) is 16.4 Å². The second kappa shape index (κ2) is 8.78. The number of benzene rings is 2. The van der Waals surface area contributed by atoms with Crippen LogP contribution in [0.15, 0.2) is 53.4 Å². The molecule has 2 aliphatic rings. The highest BCUT2D eigenvalue weighted by Gasteiger charge is 2.31. The average molecular weight is 428 g/mol. The van der Waals surface area contributed by atoms with Gasteiger partial charge in [0, 0.05) is 31.2 Å². The van der Waals surface area contributed by atoms with Crippen molar-refractivity contribution in [2.75, 3.05) is 30.5 Å². The van der Waals surface area contributed by atoms with Crippen LogP contribution in [0.1, 0.15) is 42.1 Å². The quantitative estimate of drug-likeness (QED) is 0.769. The minimum absolute atomic E-state index is 0.135. The van der Waals surface area contributed by atoms with E-state index in [1.54, 1.807) is 18.2 Å². The minimum Gasteiger partial charge on any atom is -0.349 e. The molecule has 0 atom stereocenters. The molecule has 1 amide bonds. The van der Waals surface area contributed by atoms with E-state index < -0.39 is 10.0 Å². The predicted molar refractivity (Wildman–Crippen MR) is 118 cm³/mol. The number of carbonyl (C=O) groups excluding carboxylic acids is 1. The first-order valence-corrected chi connectivity index (χ1v) is 12.2. The van der Waals surface area contributed by atoms with Crippen LogP contribution in [0.3, 0.4) is 0 Å². The average Bonchev–Trinajstić information content (AvgIpc) is 3.20. The molecule has 0 radical (unpaired) electrons. The molecule has 6 nitrogen and oxygen atoms in total. The smallest absolute Gasteiger partial charge is 0.264 e. The topological polar surface area (TPSA) is 69.7 Å². The molecule has 2 heterocycles. The van der Waals surface area contributed by atoms with Gasteiger partial charge >= 0.3 is 0 Å². The van der Waals surface area contributed by atoms with Gasteiger partial charge in [0.25, 0.3) is 15.9 Å².